The predicted octanol–water partition coefficient (Wildman–Crippen LogP) is 1.30. The molecule has 2 unspecified atom stereocenters. The van der Waals surface area contributed by atoms with Crippen LogP contribution in [0.1, 0.15) is 25.0 Å². The van der Waals surface area contributed by atoms with E-state index in [-0.39, 0.29) is 12.1 Å². The summed E-state index contributed by atoms with van der Waals surface area (Å²) in [6.07, 6.45) is 2.42. The number of anilines is 2. The largest absolute Gasteiger partial charge is 0.393 e. The van der Waals surface area contributed by atoms with Crippen molar-refractivity contribution in [1.82, 2.24) is 9.97 Å². The van der Waals surface area contributed by atoms with Crippen LogP contribution >= 0.6 is 22.6 Å². The van der Waals surface area contributed by atoms with Crippen molar-refractivity contribution >= 4 is 34.4 Å². The molecule has 2 rings (SSSR count). The Morgan fingerprint density at radius 2 is 2.19 bits per heavy atom. The molecule has 5 nitrogen and oxygen atoms in total. The van der Waals surface area contributed by atoms with E-state index >= 15 is 0 Å². The van der Waals surface area contributed by atoms with Gasteiger partial charge in [-0.1, -0.05) is 0 Å². The molecule has 1 saturated carbocycles. The standard InChI is InChI=1S/C10H15IN4O/c1-5-8(11)9(15-10(12)13-5)14-6-2-3-7(16)4-6/h6-7,16H,2-4H2,1H3,(H3,12,13,14,15). The summed E-state index contributed by atoms with van der Waals surface area (Å²) in [5.41, 5.74) is 6.50. The first-order chi connectivity index (χ1) is 7.56. The zero-order valence-corrected chi connectivity index (χ0v) is 11.2. The molecule has 0 aromatic carbocycles. The molecule has 0 amide bonds. The van der Waals surface area contributed by atoms with Gasteiger partial charge in [0.25, 0.3) is 0 Å². The van der Waals surface area contributed by atoms with Crippen LogP contribution in [0.3, 0.4) is 0 Å². The molecule has 88 valence electrons. The fourth-order valence-electron chi connectivity index (χ4n) is 1.96. The molecule has 1 heterocycles. The van der Waals surface area contributed by atoms with Gasteiger partial charge in [0.15, 0.2) is 0 Å². The van der Waals surface area contributed by atoms with Gasteiger partial charge >= 0.3 is 0 Å². The molecule has 0 radical (unpaired) electrons. The molecule has 0 bridgehead atoms. The van der Waals surface area contributed by atoms with Gasteiger partial charge in [-0.25, -0.2) is 4.98 Å². The molecule has 2 atom stereocenters. The number of halogens is 1. The highest BCUT2D eigenvalue weighted by Gasteiger charge is 2.23. The highest BCUT2D eigenvalue weighted by Crippen LogP contribution is 2.25. The number of aliphatic hydroxyl groups is 1. The molecule has 1 aliphatic rings. The van der Waals surface area contributed by atoms with Crippen molar-refractivity contribution in [3.8, 4) is 0 Å². The van der Waals surface area contributed by atoms with Crippen molar-refractivity contribution in [2.75, 3.05) is 11.1 Å². The molecule has 0 aliphatic heterocycles. The number of aromatic nitrogens is 2. The predicted molar refractivity (Wildman–Crippen MR) is 71.2 cm³/mol. The zero-order valence-electron chi connectivity index (χ0n) is 9.07. The van der Waals surface area contributed by atoms with E-state index in [9.17, 15) is 5.11 Å². The Balaban J connectivity index is 2.15. The zero-order chi connectivity index (χ0) is 11.7. The number of hydrogen-bond acceptors (Lipinski definition) is 5. The molecule has 1 fully saturated rings. The summed E-state index contributed by atoms with van der Waals surface area (Å²) in [4.78, 5) is 8.28. The van der Waals surface area contributed by atoms with E-state index in [0.717, 1.165) is 34.3 Å². The average Bonchev–Trinajstić information content (AvgIpc) is 2.60. The Kier molecular flexibility index (Phi) is 3.48. The van der Waals surface area contributed by atoms with Crippen LogP contribution in [-0.4, -0.2) is 27.2 Å². The molecule has 0 spiro atoms. The first kappa shape index (κ1) is 11.8. The monoisotopic (exact) mass is 334 g/mol. The van der Waals surface area contributed by atoms with E-state index in [4.69, 9.17) is 5.73 Å². The molecular weight excluding hydrogens is 319 g/mol. The third kappa shape index (κ3) is 2.54. The smallest absolute Gasteiger partial charge is 0.222 e. The summed E-state index contributed by atoms with van der Waals surface area (Å²) in [6, 6.07) is 0.289. The minimum absolute atomic E-state index is 0.185. The summed E-state index contributed by atoms with van der Waals surface area (Å²) in [5, 5.41) is 12.8. The number of nitrogens with one attached hydrogen (secondary N) is 1. The van der Waals surface area contributed by atoms with Gasteiger partial charge in [0, 0.05) is 6.04 Å². The van der Waals surface area contributed by atoms with Crippen LogP contribution in [0.15, 0.2) is 0 Å². The van der Waals surface area contributed by atoms with Crippen molar-refractivity contribution in [1.29, 1.82) is 0 Å². The Morgan fingerprint density at radius 3 is 2.81 bits per heavy atom. The van der Waals surface area contributed by atoms with Crippen molar-refractivity contribution < 1.29 is 5.11 Å². The molecule has 4 N–H and O–H groups in total. The van der Waals surface area contributed by atoms with E-state index in [1.807, 2.05) is 6.92 Å². The fraction of sp³-hybridized carbons (Fsp3) is 0.600. The van der Waals surface area contributed by atoms with Gasteiger partial charge in [-0.05, 0) is 48.8 Å². The topological polar surface area (TPSA) is 84.1 Å². The molecule has 0 saturated heterocycles. The number of nitrogen functional groups attached to an aromatic ring is 1. The highest BCUT2D eigenvalue weighted by atomic mass is 127. The van der Waals surface area contributed by atoms with Crippen LogP contribution in [-0.2, 0) is 0 Å². The Bertz CT molecular complexity index is 399. The Morgan fingerprint density at radius 1 is 1.44 bits per heavy atom. The molecule has 1 aromatic heterocycles. The van der Waals surface area contributed by atoms with Gasteiger partial charge in [0.05, 0.1) is 15.4 Å². The summed E-state index contributed by atoms with van der Waals surface area (Å²) >= 11 is 2.21. The second kappa shape index (κ2) is 4.70. The molecule has 6 heteroatoms. The lowest BCUT2D eigenvalue weighted by Gasteiger charge is -2.15. The van der Waals surface area contributed by atoms with E-state index in [1.165, 1.54) is 0 Å². The fourth-order valence-corrected chi connectivity index (χ4v) is 2.36. The van der Waals surface area contributed by atoms with Crippen LogP contribution in [0.5, 0.6) is 0 Å². The quantitative estimate of drug-likeness (QED) is 0.710. The number of nitrogens with two attached hydrogens (primary N) is 1. The van der Waals surface area contributed by atoms with Gasteiger partial charge in [0.2, 0.25) is 5.95 Å². The van der Waals surface area contributed by atoms with E-state index in [2.05, 4.69) is 37.9 Å². The lowest BCUT2D eigenvalue weighted by Crippen LogP contribution is -2.19. The van der Waals surface area contributed by atoms with Crippen LogP contribution in [0, 0.1) is 10.5 Å². The van der Waals surface area contributed by atoms with Gasteiger partial charge in [-0.2, -0.15) is 4.98 Å². The maximum Gasteiger partial charge on any atom is 0.222 e. The third-order valence-corrected chi connectivity index (χ3v) is 4.07. The number of rotatable bonds is 2. The molecular formula is C10H15IN4O. The number of aliphatic hydroxyl groups excluding tert-OH is 1. The summed E-state index contributed by atoms with van der Waals surface area (Å²) in [7, 11) is 0. The van der Waals surface area contributed by atoms with Crippen molar-refractivity contribution in [3.05, 3.63) is 9.26 Å². The van der Waals surface area contributed by atoms with Gasteiger partial charge in [0.1, 0.15) is 5.82 Å². The van der Waals surface area contributed by atoms with E-state index in [0.29, 0.717) is 5.95 Å². The van der Waals surface area contributed by atoms with Crippen molar-refractivity contribution in [3.63, 3.8) is 0 Å². The molecule has 1 aromatic rings. The van der Waals surface area contributed by atoms with Crippen LogP contribution in [0.4, 0.5) is 11.8 Å². The summed E-state index contributed by atoms with van der Waals surface area (Å²) in [6.45, 7) is 1.91. The van der Waals surface area contributed by atoms with Crippen molar-refractivity contribution in [2.45, 2.75) is 38.3 Å². The third-order valence-electron chi connectivity index (χ3n) is 2.78. The van der Waals surface area contributed by atoms with Gasteiger partial charge < -0.3 is 16.2 Å². The Labute approximate surface area is 108 Å². The van der Waals surface area contributed by atoms with E-state index < -0.39 is 0 Å². The van der Waals surface area contributed by atoms with Crippen LogP contribution in [0.2, 0.25) is 0 Å². The number of nitrogens with zero attached hydrogens (tertiary/aromatic N) is 2. The maximum atomic E-state index is 9.46. The normalized spacial score (nSPS) is 24.7. The first-order valence-corrected chi connectivity index (χ1v) is 6.38. The molecule has 1 aliphatic carbocycles. The van der Waals surface area contributed by atoms with Crippen LogP contribution < -0.4 is 11.1 Å². The minimum Gasteiger partial charge on any atom is -0.393 e. The van der Waals surface area contributed by atoms with Gasteiger partial charge in [-0.15, -0.1) is 0 Å². The SMILES string of the molecule is Cc1nc(N)nc(NC2CCC(O)C2)c1I. The highest BCUT2D eigenvalue weighted by molar-refractivity contribution is 14.1. The Hall–Kier alpha value is -0.630. The van der Waals surface area contributed by atoms with Gasteiger partial charge in [-0.3, -0.25) is 0 Å². The minimum atomic E-state index is -0.185. The first-order valence-electron chi connectivity index (χ1n) is 5.30. The summed E-state index contributed by atoms with van der Waals surface area (Å²) < 4.78 is 0.994. The van der Waals surface area contributed by atoms with Crippen LogP contribution in [0.25, 0.3) is 0 Å². The van der Waals surface area contributed by atoms with Crippen molar-refractivity contribution in [2.24, 2.45) is 0 Å². The maximum absolute atomic E-state index is 9.46. The average molecular weight is 334 g/mol. The number of hydrogen-bond donors (Lipinski definition) is 3. The number of aryl methyl sites for hydroxylation is 1. The lowest BCUT2D eigenvalue weighted by molar-refractivity contribution is 0.182. The van der Waals surface area contributed by atoms with E-state index in [1.54, 1.807) is 0 Å². The second-order valence-corrected chi connectivity index (χ2v) is 5.22. The second-order valence-electron chi connectivity index (χ2n) is 4.14. The molecule has 16 heavy (non-hydrogen) atoms. The summed E-state index contributed by atoms with van der Waals surface area (Å²) in [5.74, 6) is 1.07. The lowest BCUT2D eigenvalue weighted by atomic mass is 10.2.